The molecule has 6 nitrogen and oxygen atoms in total. The van der Waals surface area contributed by atoms with Crippen LogP contribution in [0.15, 0.2) is 4.34 Å². The number of carbonyl (C=O) groups is 1. The van der Waals surface area contributed by atoms with E-state index in [9.17, 15) is 4.79 Å². The Bertz CT molecular complexity index is 431. The number of nitrogens with one attached hydrogen (secondary N) is 2. The number of hydrogen-bond acceptors (Lipinski definition) is 7. The molecule has 1 heterocycles. The largest absolute Gasteiger partial charge is 0.383 e. The smallest absolute Gasteiger partial charge is 0.233 e. The fourth-order valence-electron chi connectivity index (χ4n) is 1.26. The lowest BCUT2D eigenvalue weighted by molar-refractivity contribution is -0.121. The van der Waals surface area contributed by atoms with E-state index in [0.717, 1.165) is 9.47 Å². The van der Waals surface area contributed by atoms with Gasteiger partial charge in [-0.3, -0.25) is 4.79 Å². The Labute approximate surface area is 128 Å². The third-order valence-corrected chi connectivity index (χ3v) is 4.20. The quantitative estimate of drug-likeness (QED) is 0.591. The highest BCUT2D eigenvalue weighted by Crippen LogP contribution is 2.29. The zero-order valence-electron chi connectivity index (χ0n) is 12.5. The number of hydrogen-bond donors (Lipinski definition) is 2. The number of anilines is 1. The van der Waals surface area contributed by atoms with E-state index in [0.29, 0.717) is 13.2 Å². The first-order valence-corrected chi connectivity index (χ1v) is 8.06. The van der Waals surface area contributed by atoms with Crippen LogP contribution in [-0.4, -0.2) is 47.2 Å². The van der Waals surface area contributed by atoms with E-state index in [4.69, 9.17) is 4.74 Å². The van der Waals surface area contributed by atoms with Crippen molar-refractivity contribution >= 4 is 34.1 Å². The first-order chi connectivity index (χ1) is 9.31. The minimum atomic E-state index is -0.222. The van der Waals surface area contributed by atoms with Crippen LogP contribution in [0.4, 0.5) is 5.13 Å². The zero-order valence-corrected chi connectivity index (χ0v) is 14.2. The van der Waals surface area contributed by atoms with Gasteiger partial charge >= 0.3 is 0 Å². The summed E-state index contributed by atoms with van der Waals surface area (Å²) in [5, 5.41) is 14.7. The van der Waals surface area contributed by atoms with Crippen molar-refractivity contribution in [1.29, 1.82) is 0 Å². The Balaban J connectivity index is 2.45. The number of thioether (sulfide) groups is 1. The van der Waals surface area contributed by atoms with Gasteiger partial charge in [-0.2, -0.15) is 0 Å². The van der Waals surface area contributed by atoms with Gasteiger partial charge < -0.3 is 15.4 Å². The van der Waals surface area contributed by atoms with E-state index in [2.05, 4.69) is 20.8 Å². The second-order valence-corrected chi connectivity index (χ2v) is 7.86. The SMILES string of the molecule is COCCNc1nnc(SC(C)C(=O)NC(C)(C)C)s1. The van der Waals surface area contributed by atoms with E-state index in [-0.39, 0.29) is 16.7 Å². The second-order valence-electron chi connectivity index (χ2n) is 5.29. The van der Waals surface area contributed by atoms with Crippen molar-refractivity contribution < 1.29 is 9.53 Å². The van der Waals surface area contributed by atoms with Crippen molar-refractivity contribution in [2.24, 2.45) is 0 Å². The number of methoxy groups -OCH3 is 1. The Hall–Kier alpha value is -0.860. The Morgan fingerprint density at radius 1 is 1.45 bits per heavy atom. The fourth-order valence-corrected chi connectivity index (χ4v) is 3.19. The number of carbonyl (C=O) groups excluding carboxylic acids is 1. The van der Waals surface area contributed by atoms with Crippen LogP contribution in [0.1, 0.15) is 27.7 Å². The summed E-state index contributed by atoms with van der Waals surface area (Å²) in [6, 6.07) is 0. The van der Waals surface area contributed by atoms with Crippen LogP contribution in [0.3, 0.4) is 0 Å². The molecule has 0 fully saturated rings. The maximum absolute atomic E-state index is 12.0. The molecule has 1 unspecified atom stereocenters. The van der Waals surface area contributed by atoms with Gasteiger partial charge in [0.2, 0.25) is 11.0 Å². The van der Waals surface area contributed by atoms with E-state index < -0.39 is 0 Å². The highest BCUT2D eigenvalue weighted by Gasteiger charge is 2.21. The fraction of sp³-hybridized carbons (Fsp3) is 0.750. The summed E-state index contributed by atoms with van der Waals surface area (Å²) in [5.74, 6) is 0.00610. The summed E-state index contributed by atoms with van der Waals surface area (Å²) in [7, 11) is 1.65. The molecule has 0 aliphatic rings. The van der Waals surface area contributed by atoms with Gasteiger partial charge in [-0.1, -0.05) is 23.1 Å². The molecular weight excluding hydrogens is 296 g/mol. The van der Waals surface area contributed by atoms with Gasteiger partial charge in [0.25, 0.3) is 0 Å². The Morgan fingerprint density at radius 2 is 2.15 bits per heavy atom. The van der Waals surface area contributed by atoms with Crippen LogP contribution < -0.4 is 10.6 Å². The van der Waals surface area contributed by atoms with Gasteiger partial charge in [-0.05, 0) is 27.7 Å². The van der Waals surface area contributed by atoms with Crippen LogP contribution in [-0.2, 0) is 9.53 Å². The lowest BCUT2D eigenvalue weighted by Gasteiger charge is -2.22. The monoisotopic (exact) mass is 318 g/mol. The molecule has 1 atom stereocenters. The predicted molar refractivity (Wildman–Crippen MR) is 83.5 cm³/mol. The first kappa shape index (κ1) is 17.2. The normalized spacial score (nSPS) is 13.1. The number of aromatic nitrogens is 2. The van der Waals surface area contributed by atoms with Crippen molar-refractivity contribution in [3.63, 3.8) is 0 Å². The van der Waals surface area contributed by atoms with Crippen molar-refractivity contribution in [3.05, 3.63) is 0 Å². The van der Waals surface area contributed by atoms with Crippen LogP contribution in [0.5, 0.6) is 0 Å². The summed E-state index contributed by atoms with van der Waals surface area (Å²) in [5.41, 5.74) is -0.222. The Kier molecular flexibility index (Phi) is 6.70. The van der Waals surface area contributed by atoms with Crippen LogP contribution >= 0.6 is 23.1 Å². The number of ether oxygens (including phenoxy) is 1. The molecule has 1 amide bonds. The van der Waals surface area contributed by atoms with Crippen LogP contribution in [0, 0.1) is 0 Å². The van der Waals surface area contributed by atoms with Gasteiger partial charge in [-0.15, -0.1) is 10.2 Å². The summed E-state index contributed by atoms with van der Waals surface area (Å²) < 4.78 is 5.73. The number of amides is 1. The molecule has 1 aromatic heterocycles. The molecule has 0 aliphatic carbocycles. The van der Waals surface area contributed by atoms with Crippen molar-refractivity contribution in [2.75, 3.05) is 25.6 Å². The summed E-state index contributed by atoms with van der Waals surface area (Å²) in [4.78, 5) is 12.0. The number of nitrogens with zero attached hydrogens (tertiary/aromatic N) is 2. The van der Waals surface area contributed by atoms with E-state index in [1.165, 1.54) is 23.1 Å². The third-order valence-electron chi connectivity index (χ3n) is 2.13. The van der Waals surface area contributed by atoms with Gasteiger partial charge in [0.05, 0.1) is 11.9 Å². The molecule has 0 spiro atoms. The molecule has 8 heteroatoms. The molecule has 2 N–H and O–H groups in total. The predicted octanol–water partition coefficient (Wildman–Crippen LogP) is 1.99. The van der Waals surface area contributed by atoms with Gasteiger partial charge in [0.1, 0.15) is 0 Å². The van der Waals surface area contributed by atoms with Crippen LogP contribution in [0.25, 0.3) is 0 Å². The molecule has 0 aromatic carbocycles. The molecule has 0 saturated heterocycles. The Morgan fingerprint density at radius 3 is 2.75 bits per heavy atom. The molecular formula is C12H22N4O2S2. The van der Waals surface area contributed by atoms with Crippen molar-refractivity contribution in [1.82, 2.24) is 15.5 Å². The first-order valence-electron chi connectivity index (χ1n) is 6.37. The summed E-state index contributed by atoms with van der Waals surface area (Å²) >= 11 is 2.86. The lowest BCUT2D eigenvalue weighted by Crippen LogP contribution is -2.44. The minimum Gasteiger partial charge on any atom is -0.383 e. The van der Waals surface area contributed by atoms with Gasteiger partial charge in [-0.25, -0.2) is 0 Å². The zero-order chi connectivity index (χ0) is 15.2. The molecule has 0 bridgehead atoms. The molecule has 0 saturated carbocycles. The molecule has 114 valence electrons. The van der Waals surface area contributed by atoms with Crippen molar-refractivity contribution in [2.45, 2.75) is 42.8 Å². The standard InChI is InChI=1S/C12H22N4O2S2/c1-8(9(17)14-12(2,3)4)19-11-16-15-10(20-11)13-6-7-18-5/h8H,6-7H2,1-5H3,(H,13,15)(H,14,17). The lowest BCUT2D eigenvalue weighted by atomic mass is 10.1. The molecule has 1 aromatic rings. The van der Waals surface area contributed by atoms with Gasteiger partial charge in [0, 0.05) is 19.2 Å². The van der Waals surface area contributed by atoms with Crippen LogP contribution in [0.2, 0.25) is 0 Å². The summed E-state index contributed by atoms with van der Waals surface area (Å²) in [6.45, 7) is 9.06. The molecule has 0 aliphatic heterocycles. The summed E-state index contributed by atoms with van der Waals surface area (Å²) in [6.07, 6.45) is 0. The third kappa shape index (κ3) is 6.53. The topological polar surface area (TPSA) is 76.1 Å². The maximum Gasteiger partial charge on any atom is 0.233 e. The number of rotatable bonds is 7. The molecule has 0 radical (unpaired) electrons. The van der Waals surface area contributed by atoms with Gasteiger partial charge in [0.15, 0.2) is 4.34 Å². The average molecular weight is 318 g/mol. The van der Waals surface area contributed by atoms with E-state index >= 15 is 0 Å². The maximum atomic E-state index is 12.0. The van der Waals surface area contributed by atoms with Crippen molar-refractivity contribution in [3.8, 4) is 0 Å². The minimum absolute atomic E-state index is 0.00610. The van der Waals surface area contributed by atoms with E-state index in [1.54, 1.807) is 7.11 Å². The molecule has 1 rings (SSSR count). The molecule has 20 heavy (non-hydrogen) atoms. The highest BCUT2D eigenvalue weighted by molar-refractivity contribution is 8.02. The average Bonchev–Trinajstić information content (AvgIpc) is 2.75. The highest BCUT2D eigenvalue weighted by atomic mass is 32.2. The van der Waals surface area contributed by atoms with E-state index in [1.807, 2.05) is 27.7 Å². The second kappa shape index (κ2) is 7.80.